The molecular weight excluding hydrogens is 266 g/mol. The molecule has 0 radical (unpaired) electrons. The van der Waals surface area contributed by atoms with Gasteiger partial charge in [0.05, 0.1) is 17.1 Å². The van der Waals surface area contributed by atoms with Crippen molar-refractivity contribution in [2.45, 2.75) is 32.0 Å². The number of hydrogen-bond acceptors (Lipinski definition) is 6. The highest BCUT2D eigenvalue weighted by atomic mass is 16.6. The summed E-state index contributed by atoms with van der Waals surface area (Å²) in [6, 6.07) is 5.20. The molecule has 2 N–H and O–H groups in total. The molecule has 110 valence electrons. The van der Waals surface area contributed by atoms with Crippen LogP contribution in [0.2, 0.25) is 0 Å². The maximum Gasteiger partial charge on any atom is 0.338 e. The van der Waals surface area contributed by atoms with Crippen LogP contribution in [0.15, 0.2) is 24.3 Å². The Morgan fingerprint density at radius 1 is 1.20 bits per heavy atom. The number of nitro groups is 1. The van der Waals surface area contributed by atoms with E-state index < -0.39 is 17.2 Å². The molecule has 0 fully saturated rings. The number of aliphatic hydroxyl groups is 2. The van der Waals surface area contributed by atoms with Gasteiger partial charge in [0.1, 0.15) is 0 Å². The number of rotatable bonds is 8. The predicted octanol–water partition coefficient (Wildman–Crippen LogP) is 1.62. The highest BCUT2D eigenvalue weighted by molar-refractivity contribution is 5.89. The Kier molecular flexibility index (Phi) is 6.61. The Hall–Kier alpha value is -1.99. The van der Waals surface area contributed by atoms with E-state index in [1.165, 1.54) is 24.3 Å². The lowest BCUT2D eigenvalue weighted by atomic mass is 10.2. The van der Waals surface area contributed by atoms with Crippen LogP contribution in [0, 0.1) is 10.1 Å². The summed E-state index contributed by atoms with van der Waals surface area (Å²) >= 11 is 0. The van der Waals surface area contributed by atoms with Gasteiger partial charge in [0.2, 0.25) is 0 Å². The molecule has 7 heteroatoms. The summed E-state index contributed by atoms with van der Waals surface area (Å²) in [6.07, 6.45) is 1.01. The van der Waals surface area contributed by atoms with E-state index in [1.54, 1.807) is 0 Å². The Morgan fingerprint density at radius 2 is 1.85 bits per heavy atom. The molecule has 0 saturated carbocycles. The summed E-state index contributed by atoms with van der Waals surface area (Å²) in [6.45, 7) is 0.233. The molecular formula is C13H17NO6. The van der Waals surface area contributed by atoms with Crippen LogP contribution in [0.5, 0.6) is 0 Å². The standard InChI is InChI=1S/C13H17NO6/c15-12(16)4-2-1-3-9-20-13(17)10-5-7-11(8-6-10)14(18)19/h5-8,12,15-16H,1-4,9H2. The minimum atomic E-state index is -1.29. The molecule has 0 aliphatic carbocycles. The molecule has 0 aliphatic heterocycles. The lowest BCUT2D eigenvalue weighted by molar-refractivity contribution is -0.384. The van der Waals surface area contributed by atoms with Gasteiger partial charge in [0, 0.05) is 12.1 Å². The van der Waals surface area contributed by atoms with Gasteiger partial charge >= 0.3 is 5.97 Å². The van der Waals surface area contributed by atoms with Crippen LogP contribution in [0.1, 0.15) is 36.0 Å². The fraction of sp³-hybridized carbons (Fsp3) is 0.462. The van der Waals surface area contributed by atoms with Crippen LogP contribution in [0.25, 0.3) is 0 Å². The molecule has 0 aliphatic rings. The number of hydrogen-bond donors (Lipinski definition) is 2. The molecule has 0 aromatic heterocycles. The average Bonchev–Trinajstić information content (AvgIpc) is 2.42. The first-order chi connectivity index (χ1) is 9.50. The molecule has 7 nitrogen and oxygen atoms in total. The molecule has 0 heterocycles. The normalized spacial score (nSPS) is 10.6. The fourth-order valence-electron chi connectivity index (χ4n) is 1.57. The molecule has 0 unspecified atom stereocenters. The van der Waals surface area contributed by atoms with Gasteiger partial charge in [0.15, 0.2) is 6.29 Å². The number of non-ortho nitro benzene ring substituents is 1. The summed E-state index contributed by atoms with van der Waals surface area (Å²) in [5, 5.41) is 27.7. The highest BCUT2D eigenvalue weighted by Crippen LogP contribution is 2.13. The molecule has 0 saturated heterocycles. The van der Waals surface area contributed by atoms with Gasteiger partial charge in [-0.3, -0.25) is 10.1 Å². The van der Waals surface area contributed by atoms with E-state index in [4.69, 9.17) is 14.9 Å². The van der Waals surface area contributed by atoms with Crippen LogP contribution < -0.4 is 0 Å². The van der Waals surface area contributed by atoms with Gasteiger partial charge in [-0.1, -0.05) is 0 Å². The lowest BCUT2D eigenvalue weighted by Crippen LogP contribution is -2.07. The molecule has 1 aromatic carbocycles. The van der Waals surface area contributed by atoms with Crippen LogP contribution in [-0.2, 0) is 4.74 Å². The summed E-state index contributed by atoms with van der Waals surface area (Å²) in [5.41, 5.74) is 0.186. The number of unbranched alkanes of at least 4 members (excludes halogenated alkanes) is 2. The first-order valence-corrected chi connectivity index (χ1v) is 6.28. The summed E-state index contributed by atoms with van der Waals surface area (Å²) in [4.78, 5) is 21.5. The minimum absolute atomic E-state index is 0.0795. The largest absolute Gasteiger partial charge is 0.462 e. The average molecular weight is 283 g/mol. The smallest absolute Gasteiger partial charge is 0.338 e. The molecule has 0 bridgehead atoms. The fourth-order valence-corrected chi connectivity index (χ4v) is 1.57. The van der Waals surface area contributed by atoms with E-state index in [9.17, 15) is 14.9 Å². The van der Waals surface area contributed by atoms with Crippen molar-refractivity contribution in [1.82, 2.24) is 0 Å². The van der Waals surface area contributed by atoms with Crippen LogP contribution in [-0.4, -0.2) is 34.0 Å². The quantitative estimate of drug-likeness (QED) is 0.247. The van der Waals surface area contributed by atoms with Crippen molar-refractivity contribution in [3.05, 3.63) is 39.9 Å². The maximum absolute atomic E-state index is 11.6. The van der Waals surface area contributed by atoms with Crippen molar-refractivity contribution in [3.63, 3.8) is 0 Å². The number of benzene rings is 1. The number of carbonyl (C=O) groups excluding carboxylic acids is 1. The number of nitrogens with zero attached hydrogens (tertiary/aromatic N) is 1. The third-order valence-electron chi connectivity index (χ3n) is 2.65. The maximum atomic E-state index is 11.6. The van der Waals surface area contributed by atoms with Crippen molar-refractivity contribution in [2.24, 2.45) is 0 Å². The molecule has 0 amide bonds. The third-order valence-corrected chi connectivity index (χ3v) is 2.65. The van der Waals surface area contributed by atoms with E-state index in [2.05, 4.69) is 0 Å². The monoisotopic (exact) mass is 283 g/mol. The van der Waals surface area contributed by atoms with Gasteiger partial charge in [-0.25, -0.2) is 4.79 Å². The number of aliphatic hydroxyl groups excluding tert-OH is 1. The summed E-state index contributed by atoms with van der Waals surface area (Å²) < 4.78 is 5.00. The van der Waals surface area contributed by atoms with Gasteiger partial charge in [-0.15, -0.1) is 0 Å². The predicted molar refractivity (Wildman–Crippen MR) is 70.1 cm³/mol. The van der Waals surface area contributed by atoms with Crippen molar-refractivity contribution in [3.8, 4) is 0 Å². The number of nitro benzene ring substituents is 1. The topological polar surface area (TPSA) is 110 Å². The second-order valence-corrected chi connectivity index (χ2v) is 4.27. The Balaban J connectivity index is 2.27. The zero-order valence-electron chi connectivity index (χ0n) is 10.9. The van der Waals surface area contributed by atoms with Gasteiger partial charge in [-0.05, 0) is 37.8 Å². The van der Waals surface area contributed by atoms with E-state index in [0.717, 1.165) is 6.42 Å². The van der Waals surface area contributed by atoms with Crippen LogP contribution in [0.3, 0.4) is 0 Å². The number of carbonyl (C=O) groups is 1. The van der Waals surface area contributed by atoms with Crippen molar-refractivity contribution < 1.29 is 24.7 Å². The van der Waals surface area contributed by atoms with E-state index in [0.29, 0.717) is 19.3 Å². The highest BCUT2D eigenvalue weighted by Gasteiger charge is 2.10. The first kappa shape index (κ1) is 16.1. The zero-order valence-corrected chi connectivity index (χ0v) is 10.9. The molecule has 0 atom stereocenters. The Bertz CT molecular complexity index is 443. The molecule has 1 aromatic rings. The van der Waals surface area contributed by atoms with E-state index in [1.807, 2.05) is 0 Å². The first-order valence-electron chi connectivity index (χ1n) is 6.28. The van der Waals surface area contributed by atoms with Crippen LogP contribution >= 0.6 is 0 Å². The molecule has 20 heavy (non-hydrogen) atoms. The van der Waals surface area contributed by atoms with Crippen molar-refractivity contribution >= 4 is 11.7 Å². The van der Waals surface area contributed by atoms with E-state index in [-0.39, 0.29) is 17.9 Å². The van der Waals surface area contributed by atoms with Crippen molar-refractivity contribution in [2.75, 3.05) is 6.61 Å². The van der Waals surface area contributed by atoms with E-state index >= 15 is 0 Å². The zero-order chi connectivity index (χ0) is 15.0. The second kappa shape index (κ2) is 8.23. The lowest BCUT2D eigenvalue weighted by Gasteiger charge is -2.05. The van der Waals surface area contributed by atoms with Gasteiger partial charge in [0.25, 0.3) is 5.69 Å². The Labute approximate surface area is 116 Å². The number of esters is 1. The molecule has 1 rings (SSSR count). The second-order valence-electron chi connectivity index (χ2n) is 4.27. The third kappa shape index (κ3) is 5.77. The Morgan fingerprint density at radius 3 is 2.40 bits per heavy atom. The molecule has 0 spiro atoms. The van der Waals surface area contributed by atoms with Gasteiger partial charge < -0.3 is 14.9 Å². The summed E-state index contributed by atoms with van der Waals surface area (Å²) in [5.74, 6) is -0.526. The minimum Gasteiger partial charge on any atom is -0.462 e. The van der Waals surface area contributed by atoms with Gasteiger partial charge in [-0.2, -0.15) is 0 Å². The number of ether oxygens (including phenoxy) is 1. The SMILES string of the molecule is O=C(OCCCCCC(O)O)c1ccc([N+](=O)[O-])cc1. The van der Waals surface area contributed by atoms with Crippen LogP contribution in [0.4, 0.5) is 5.69 Å². The van der Waals surface area contributed by atoms with Crippen molar-refractivity contribution in [1.29, 1.82) is 0 Å². The summed E-state index contributed by atoms with van der Waals surface area (Å²) in [7, 11) is 0.